The van der Waals surface area contributed by atoms with Crippen LogP contribution in [0.1, 0.15) is 28.8 Å². The molecule has 5 heteroatoms. The number of rotatable bonds is 5. The van der Waals surface area contributed by atoms with Crippen LogP contribution < -0.4 is 0 Å². The first kappa shape index (κ1) is 13.3. The number of carbonyl (C=O) groups is 1. The SMILES string of the molecule is COC(=O)c1cccc(C(O)(Cl)OCC2CC2)c1. The summed E-state index contributed by atoms with van der Waals surface area (Å²) in [6, 6.07) is 6.27. The van der Waals surface area contributed by atoms with Gasteiger partial charge in [-0.25, -0.2) is 4.79 Å². The second-order valence-electron chi connectivity index (χ2n) is 4.39. The number of ether oxygens (including phenoxy) is 2. The Morgan fingerprint density at radius 1 is 1.56 bits per heavy atom. The number of halogens is 1. The van der Waals surface area contributed by atoms with E-state index in [1.54, 1.807) is 18.2 Å². The standard InChI is InChI=1S/C13H15ClO4/c1-17-12(15)10-3-2-4-11(7-10)13(14,16)18-8-9-5-6-9/h2-4,7,9,16H,5-6,8H2,1H3. The molecule has 4 nitrogen and oxygen atoms in total. The topological polar surface area (TPSA) is 55.8 Å². The summed E-state index contributed by atoms with van der Waals surface area (Å²) in [5.74, 6) is 0.00516. The van der Waals surface area contributed by atoms with Crippen LogP contribution in [0.4, 0.5) is 0 Å². The summed E-state index contributed by atoms with van der Waals surface area (Å²) in [4.78, 5) is 11.4. The van der Waals surface area contributed by atoms with Crippen molar-refractivity contribution in [2.75, 3.05) is 13.7 Å². The summed E-state index contributed by atoms with van der Waals surface area (Å²) in [7, 11) is 1.30. The van der Waals surface area contributed by atoms with E-state index >= 15 is 0 Å². The smallest absolute Gasteiger partial charge is 0.337 e. The van der Waals surface area contributed by atoms with E-state index in [1.165, 1.54) is 13.2 Å². The van der Waals surface area contributed by atoms with Crippen molar-refractivity contribution in [1.29, 1.82) is 0 Å². The second-order valence-corrected chi connectivity index (χ2v) is 4.90. The maximum atomic E-state index is 11.4. The third kappa shape index (κ3) is 3.22. The van der Waals surface area contributed by atoms with Gasteiger partial charge >= 0.3 is 5.97 Å². The zero-order valence-corrected chi connectivity index (χ0v) is 10.8. The number of hydrogen-bond donors (Lipinski definition) is 1. The van der Waals surface area contributed by atoms with Crippen LogP contribution in [-0.2, 0) is 14.7 Å². The van der Waals surface area contributed by atoms with E-state index in [4.69, 9.17) is 16.3 Å². The number of carbonyl (C=O) groups excluding carboxylic acids is 1. The predicted octanol–water partition coefficient (Wildman–Crippen LogP) is 2.24. The van der Waals surface area contributed by atoms with Crippen molar-refractivity contribution in [2.24, 2.45) is 5.92 Å². The Morgan fingerprint density at radius 2 is 2.28 bits per heavy atom. The molecule has 1 atom stereocenters. The first-order chi connectivity index (χ1) is 8.53. The second kappa shape index (κ2) is 5.26. The number of benzene rings is 1. The number of hydrogen-bond acceptors (Lipinski definition) is 4. The molecule has 1 aromatic carbocycles. The van der Waals surface area contributed by atoms with Gasteiger partial charge in [-0.3, -0.25) is 0 Å². The fourth-order valence-corrected chi connectivity index (χ4v) is 1.73. The van der Waals surface area contributed by atoms with Crippen molar-refractivity contribution in [3.05, 3.63) is 35.4 Å². The Morgan fingerprint density at radius 3 is 2.89 bits per heavy atom. The van der Waals surface area contributed by atoms with E-state index in [2.05, 4.69) is 4.74 Å². The minimum absolute atomic E-state index is 0.323. The molecule has 1 aliphatic carbocycles. The molecular weight excluding hydrogens is 256 g/mol. The number of alkyl halides is 1. The van der Waals surface area contributed by atoms with Gasteiger partial charge < -0.3 is 14.6 Å². The summed E-state index contributed by atoms with van der Waals surface area (Å²) in [6.45, 7) is 0.419. The quantitative estimate of drug-likeness (QED) is 0.506. The average molecular weight is 271 g/mol. The van der Waals surface area contributed by atoms with E-state index < -0.39 is 11.2 Å². The highest BCUT2D eigenvalue weighted by molar-refractivity contribution is 6.21. The molecule has 1 aliphatic rings. The van der Waals surface area contributed by atoms with Crippen LogP contribution in [-0.4, -0.2) is 24.8 Å². The highest BCUT2D eigenvalue weighted by Gasteiger charge is 2.32. The molecule has 0 saturated heterocycles. The molecule has 1 N–H and O–H groups in total. The lowest BCUT2D eigenvalue weighted by Gasteiger charge is -2.21. The molecule has 0 radical (unpaired) electrons. The molecule has 1 fully saturated rings. The summed E-state index contributed by atoms with van der Waals surface area (Å²) in [5.41, 5.74) is 0.650. The fraction of sp³-hybridized carbons (Fsp3) is 0.462. The summed E-state index contributed by atoms with van der Waals surface area (Å²) < 4.78 is 9.88. The molecule has 18 heavy (non-hydrogen) atoms. The van der Waals surface area contributed by atoms with Gasteiger partial charge in [-0.15, -0.1) is 0 Å². The molecular formula is C13H15ClO4. The van der Waals surface area contributed by atoms with Crippen LogP contribution >= 0.6 is 11.6 Å². The normalized spacial score (nSPS) is 18.2. The van der Waals surface area contributed by atoms with Gasteiger partial charge in [0, 0.05) is 5.56 Å². The lowest BCUT2D eigenvalue weighted by atomic mass is 10.1. The minimum Gasteiger partial charge on any atom is -0.465 e. The lowest BCUT2D eigenvalue weighted by Crippen LogP contribution is -2.24. The van der Waals surface area contributed by atoms with Crippen LogP contribution in [0.3, 0.4) is 0 Å². The third-order valence-corrected chi connectivity index (χ3v) is 3.17. The molecule has 1 aromatic rings. The van der Waals surface area contributed by atoms with Gasteiger partial charge in [0.15, 0.2) is 0 Å². The Hall–Kier alpha value is -1.10. The molecule has 0 aromatic heterocycles. The monoisotopic (exact) mass is 270 g/mol. The Bertz CT molecular complexity index is 440. The molecule has 98 valence electrons. The molecule has 0 bridgehead atoms. The van der Waals surface area contributed by atoms with E-state index in [1.807, 2.05) is 0 Å². The average Bonchev–Trinajstić information content (AvgIpc) is 3.20. The Kier molecular flexibility index (Phi) is 3.90. The first-order valence-corrected chi connectivity index (χ1v) is 6.15. The van der Waals surface area contributed by atoms with E-state index in [9.17, 15) is 9.90 Å². The van der Waals surface area contributed by atoms with Gasteiger partial charge in [0.05, 0.1) is 19.3 Å². The molecule has 0 amide bonds. The van der Waals surface area contributed by atoms with E-state index in [0.29, 0.717) is 23.7 Å². The van der Waals surface area contributed by atoms with Gasteiger partial charge in [0.25, 0.3) is 5.25 Å². The fourth-order valence-electron chi connectivity index (χ4n) is 1.55. The highest BCUT2D eigenvalue weighted by atomic mass is 35.5. The maximum Gasteiger partial charge on any atom is 0.337 e. The number of methoxy groups -OCH3 is 1. The third-order valence-electron chi connectivity index (χ3n) is 2.85. The van der Waals surface area contributed by atoms with Gasteiger partial charge in [0.1, 0.15) is 0 Å². The molecule has 2 rings (SSSR count). The van der Waals surface area contributed by atoms with Gasteiger partial charge in [-0.05, 0) is 30.9 Å². The van der Waals surface area contributed by atoms with Crippen molar-refractivity contribution in [2.45, 2.75) is 18.1 Å². The van der Waals surface area contributed by atoms with Gasteiger partial charge in [-0.1, -0.05) is 23.7 Å². The highest BCUT2D eigenvalue weighted by Crippen LogP contribution is 2.34. The Labute approximate surface area is 110 Å². The van der Waals surface area contributed by atoms with Crippen LogP contribution in [0.2, 0.25) is 0 Å². The summed E-state index contributed by atoms with van der Waals surface area (Å²) in [6.07, 6.45) is 2.21. The van der Waals surface area contributed by atoms with E-state index in [0.717, 1.165) is 12.8 Å². The van der Waals surface area contributed by atoms with Crippen molar-refractivity contribution < 1.29 is 19.4 Å². The summed E-state index contributed by atoms with van der Waals surface area (Å²) in [5, 5.41) is 8.14. The molecule has 0 spiro atoms. The van der Waals surface area contributed by atoms with Gasteiger partial charge in [-0.2, -0.15) is 0 Å². The van der Waals surface area contributed by atoms with Crippen LogP contribution in [0.15, 0.2) is 24.3 Å². The molecule has 0 heterocycles. The minimum atomic E-state index is -1.90. The molecule has 1 saturated carbocycles. The molecule has 0 aliphatic heterocycles. The molecule has 1 unspecified atom stereocenters. The van der Waals surface area contributed by atoms with Crippen LogP contribution in [0, 0.1) is 5.92 Å². The van der Waals surface area contributed by atoms with Crippen LogP contribution in [0.5, 0.6) is 0 Å². The zero-order chi connectivity index (χ0) is 13.2. The van der Waals surface area contributed by atoms with Crippen molar-refractivity contribution in [1.82, 2.24) is 0 Å². The first-order valence-electron chi connectivity index (χ1n) is 5.77. The van der Waals surface area contributed by atoms with E-state index in [-0.39, 0.29) is 0 Å². The number of esters is 1. The van der Waals surface area contributed by atoms with Crippen molar-refractivity contribution in [3.8, 4) is 0 Å². The lowest BCUT2D eigenvalue weighted by molar-refractivity contribution is -0.147. The predicted molar refractivity (Wildman–Crippen MR) is 66.2 cm³/mol. The largest absolute Gasteiger partial charge is 0.465 e. The van der Waals surface area contributed by atoms with Gasteiger partial charge in [0.2, 0.25) is 0 Å². The maximum absolute atomic E-state index is 11.4. The number of aliphatic hydroxyl groups is 1. The van der Waals surface area contributed by atoms with Crippen LogP contribution in [0.25, 0.3) is 0 Å². The van der Waals surface area contributed by atoms with Crippen molar-refractivity contribution in [3.63, 3.8) is 0 Å². The summed E-state index contributed by atoms with van der Waals surface area (Å²) >= 11 is 5.93. The van der Waals surface area contributed by atoms with Crippen molar-refractivity contribution >= 4 is 17.6 Å². The Balaban J connectivity index is 2.12. The zero-order valence-electron chi connectivity index (χ0n) is 10.1.